The second-order valence-corrected chi connectivity index (χ2v) is 6.22. The molecule has 118 valence electrons. The minimum Gasteiger partial charge on any atom is -0.355 e. The van der Waals surface area contributed by atoms with Crippen LogP contribution in [0.15, 0.2) is 66.8 Å². The van der Waals surface area contributed by atoms with E-state index in [0.717, 1.165) is 11.3 Å². The highest BCUT2D eigenvalue weighted by Crippen LogP contribution is 2.39. The maximum Gasteiger partial charge on any atom is 0.173 e. The van der Waals surface area contributed by atoms with Crippen molar-refractivity contribution in [1.29, 1.82) is 0 Å². The first kappa shape index (κ1) is 14.6. The number of hydrogen-bond donors (Lipinski definition) is 1. The van der Waals surface area contributed by atoms with Gasteiger partial charge in [0.2, 0.25) is 0 Å². The normalized spacial score (nSPS) is 21.4. The molecule has 0 saturated carbocycles. The molecule has 2 aliphatic carbocycles. The van der Waals surface area contributed by atoms with E-state index in [4.69, 9.17) is 0 Å². The molecule has 3 heteroatoms. The quantitative estimate of drug-likeness (QED) is 0.889. The Balaban J connectivity index is 1.87. The molecule has 2 aromatic carbocycles. The Labute approximate surface area is 140 Å². The largest absolute Gasteiger partial charge is 0.355 e. The van der Waals surface area contributed by atoms with Crippen LogP contribution in [0, 0.1) is 18.8 Å². The highest BCUT2D eigenvalue weighted by atomic mass is 16.1. The third-order valence-electron chi connectivity index (χ3n) is 4.70. The summed E-state index contributed by atoms with van der Waals surface area (Å²) >= 11 is 0. The smallest absolute Gasteiger partial charge is 0.173 e. The maximum atomic E-state index is 13.1. The van der Waals surface area contributed by atoms with Gasteiger partial charge in [-0.1, -0.05) is 48.6 Å². The Kier molecular flexibility index (Phi) is 3.42. The number of allylic oxidation sites excluding steroid dienone is 4. The summed E-state index contributed by atoms with van der Waals surface area (Å²) in [7, 11) is 0. The van der Waals surface area contributed by atoms with Gasteiger partial charge in [-0.15, -0.1) is 0 Å². The van der Waals surface area contributed by atoms with Crippen molar-refractivity contribution in [3.05, 3.63) is 83.5 Å². The van der Waals surface area contributed by atoms with Gasteiger partial charge in [0, 0.05) is 11.3 Å². The summed E-state index contributed by atoms with van der Waals surface area (Å²) in [5.41, 5.74) is 3.52. The Morgan fingerprint density at radius 3 is 2.08 bits per heavy atom. The summed E-state index contributed by atoms with van der Waals surface area (Å²) in [6.45, 7) is 1.89. The van der Waals surface area contributed by atoms with Crippen molar-refractivity contribution in [2.24, 2.45) is 11.8 Å². The summed E-state index contributed by atoms with van der Waals surface area (Å²) in [5.74, 6) is -0.726. The molecule has 2 aromatic rings. The number of anilines is 2. The molecule has 0 spiro atoms. The molecule has 24 heavy (non-hydrogen) atoms. The highest BCUT2D eigenvalue weighted by molar-refractivity contribution is 6.20. The summed E-state index contributed by atoms with van der Waals surface area (Å²) in [4.78, 5) is 26.0. The molecule has 0 heterocycles. The van der Waals surface area contributed by atoms with E-state index < -0.39 is 5.92 Å². The van der Waals surface area contributed by atoms with Gasteiger partial charge in [0.05, 0.1) is 23.1 Å². The van der Waals surface area contributed by atoms with Crippen molar-refractivity contribution >= 4 is 22.9 Å². The van der Waals surface area contributed by atoms with Crippen LogP contribution in [0.3, 0.4) is 0 Å². The molecule has 0 bridgehead atoms. The lowest BCUT2D eigenvalue weighted by molar-refractivity contribution is 0.0801. The Morgan fingerprint density at radius 1 is 0.792 bits per heavy atom. The molecule has 0 amide bonds. The third-order valence-corrected chi connectivity index (χ3v) is 4.70. The molecule has 3 nitrogen and oxygen atoms in total. The fourth-order valence-corrected chi connectivity index (χ4v) is 3.50. The summed E-state index contributed by atoms with van der Waals surface area (Å²) in [6, 6.07) is 13.5. The van der Waals surface area contributed by atoms with Crippen LogP contribution in [0.4, 0.5) is 11.4 Å². The molecule has 0 fully saturated rings. The van der Waals surface area contributed by atoms with Crippen LogP contribution in [0.5, 0.6) is 0 Å². The second kappa shape index (κ2) is 5.60. The average molecular weight is 315 g/mol. The predicted octanol–water partition coefficient (Wildman–Crippen LogP) is 4.48. The Morgan fingerprint density at radius 2 is 1.42 bits per heavy atom. The lowest BCUT2D eigenvalue weighted by Gasteiger charge is -2.30. The van der Waals surface area contributed by atoms with Crippen molar-refractivity contribution in [2.75, 3.05) is 5.32 Å². The number of aryl methyl sites for hydroxylation is 1. The number of nitrogens with one attached hydrogen (secondary N) is 1. The molecule has 0 saturated heterocycles. The average Bonchev–Trinajstić information content (AvgIpc) is 2.62. The number of para-hydroxylation sites is 1. The minimum atomic E-state index is -0.395. The molecule has 0 radical (unpaired) electrons. The number of Topliss-reactive ketones (excluding diaryl/α,β-unsaturated/α-hetero) is 2. The number of benzene rings is 2. The van der Waals surface area contributed by atoms with Gasteiger partial charge >= 0.3 is 0 Å². The number of fused-ring (bicyclic) bond motifs is 2. The molecular formula is C21H17NO2. The highest BCUT2D eigenvalue weighted by Gasteiger charge is 2.41. The van der Waals surface area contributed by atoms with Crippen LogP contribution in [0.2, 0.25) is 0 Å². The van der Waals surface area contributed by atoms with Gasteiger partial charge in [0.15, 0.2) is 11.6 Å². The van der Waals surface area contributed by atoms with Gasteiger partial charge in [-0.25, -0.2) is 0 Å². The molecule has 0 aliphatic heterocycles. The first-order valence-corrected chi connectivity index (χ1v) is 8.06. The Hall–Kier alpha value is -2.94. The number of carbonyl (C=O) groups is 2. The lowest BCUT2D eigenvalue weighted by Crippen LogP contribution is -2.36. The van der Waals surface area contributed by atoms with Crippen molar-refractivity contribution < 1.29 is 9.59 Å². The third kappa shape index (κ3) is 2.21. The van der Waals surface area contributed by atoms with E-state index in [1.165, 1.54) is 0 Å². The van der Waals surface area contributed by atoms with Crippen molar-refractivity contribution in [2.45, 2.75) is 6.92 Å². The summed E-state index contributed by atoms with van der Waals surface area (Å²) < 4.78 is 0. The molecule has 2 aliphatic rings. The maximum absolute atomic E-state index is 13.1. The van der Waals surface area contributed by atoms with Crippen LogP contribution >= 0.6 is 0 Å². The van der Waals surface area contributed by atoms with Crippen LogP contribution in [0.1, 0.15) is 26.3 Å². The van der Waals surface area contributed by atoms with E-state index in [0.29, 0.717) is 16.8 Å². The lowest BCUT2D eigenvalue weighted by atomic mass is 9.71. The van der Waals surface area contributed by atoms with Gasteiger partial charge in [-0.2, -0.15) is 0 Å². The van der Waals surface area contributed by atoms with E-state index in [1.807, 2.05) is 73.7 Å². The van der Waals surface area contributed by atoms with Crippen LogP contribution in [-0.2, 0) is 0 Å². The molecule has 2 atom stereocenters. The molecule has 1 N–H and O–H groups in total. The zero-order valence-electron chi connectivity index (χ0n) is 13.3. The number of ketones is 2. The second-order valence-electron chi connectivity index (χ2n) is 6.22. The number of rotatable bonds is 2. The van der Waals surface area contributed by atoms with E-state index >= 15 is 0 Å². The topological polar surface area (TPSA) is 46.2 Å². The summed E-state index contributed by atoms with van der Waals surface area (Å²) in [6.07, 6.45) is 7.36. The van der Waals surface area contributed by atoms with Crippen LogP contribution in [-0.4, -0.2) is 11.6 Å². The van der Waals surface area contributed by atoms with Gasteiger partial charge in [0.1, 0.15) is 0 Å². The fourth-order valence-electron chi connectivity index (χ4n) is 3.50. The zero-order chi connectivity index (χ0) is 16.7. The first-order valence-electron chi connectivity index (χ1n) is 8.06. The van der Waals surface area contributed by atoms with E-state index in [2.05, 4.69) is 5.32 Å². The number of carbonyl (C=O) groups excluding carboxylic acids is 2. The SMILES string of the molecule is Cc1ccc(Nc2ccccc2)c2c1C(=O)C1C=CC=CC1C2=O. The van der Waals surface area contributed by atoms with Crippen molar-refractivity contribution in [1.82, 2.24) is 0 Å². The minimum absolute atomic E-state index is 0.0114. The van der Waals surface area contributed by atoms with Crippen LogP contribution < -0.4 is 5.32 Å². The molecule has 2 unspecified atom stereocenters. The fraction of sp³-hybridized carbons (Fsp3) is 0.143. The van der Waals surface area contributed by atoms with Crippen molar-refractivity contribution in [3.63, 3.8) is 0 Å². The zero-order valence-corrected chi connectivity index (χ0v) is 13.3. The molecule has 4 rings (SSSR count). The molecular weight excluding hydrogens is 298 g/mol. The van der Waals surface area contributed by atoms with Gasteiger partial charge in [-0.3, -0.25) is 9.59 Å². The Bertz CT molecular complexity index is 894. The monoisotopic (exact) mass is 315 g/mol. The van der Waals surface area contributed by atoms with Gasteiger partial charge < -0.3 is 5.32 Å². The predicted molar refractivity (Wildman–Crippen MR) is 94.8 cm³/mol. The van der Waals surface area contributed by atoms with E-state index in [-0.39, 0.29) is 17.5 Å². The van der Waals surface area contributed by atoms with Gasteiger partial charge in [-0.05, 0) is 30.7 Å². The van der Waals surface area contributed by atoms with Crippen LogP contribution in [0.25, 0.3) is 0 Å². The molecule has 0 aromatic heterocycles. The number of hydrogen-bond acceptors (Lipinski definition) is 3. The van der Waals surface area contributed by atoms with Gasteiger partial charge in [0.25, 0.3) is 0 Å². The summed E-state index contributed by atoms with van der Waals surface area (Å²) in [5, 5.41) is 3.29. The van der Waals surface area contributed by atoms with E-state index in [9.17, 15) is 9.59 Å². The standard InChI is InChI=1S/C21H17NO2/c1-13-11-12-17(22-14-7-3-2-4-8-14)19-18(13)20(23)15-9-5-6-10-16(15)21(19)24/h2-12,15-16,22H,1H3. The first-order chi connectivity index (χ1) is 11.7. The van der Waals surface area contributed by atoms with E-state index in [1.54, 1.807) is 0 Å². The van der Waals surface area contributed by atoms with Crippen molar-refractivity contribution in [3.8, 4) is 0 Å².